The van der Waals surface area contributed by atoms with Crippen LogP contribution in [-0.2, 0) is 14.2 Å². The minimum absolute atomic E-state index is 0.0135. The van der Waals surface area contributed by atoms with Crippen molar-refractivity contribution in [3.63, 3.8) is 0 Å². The van der Waals surface area contributed by atoms with E-state index in [1.54, 1.807) is 0 Å². The van der Waals surface area contributed by atoms with Gasteiger partial charge in [-0.15, -0.1) is 0 Å². The van der Waals surface area contributed by atoms with Crippen LogP contribution in [0, 0.1) is 5.92 Å². The number of amides is 2. The van der Waals surface area contributed by atoms with Crippen LogP contribution in [0.5, 0.6) is 0 Å². The Labute approximate surface area is 232 Å². The molecule has 3 rings (SSSR count). The standard InChI is InChI=1S/C23H47N7O10/c1-2-28-7-13-12(32)6-10(26)20(38-13)15-9(25)5-11(29-23(36)30(37)4-3-24)21(18(15)34)40-22-19(35)16(27)17(33)14(8-31)39-22/h9-22,28,31-35,37H,2-8,24-27H2,1H3,(H,29,36)/t9-,10+,11+,12-,13+,14+,15?,16-,17+,18-,19+,20-,21-,22+/m0/s1. The smallest absolute Gasteiger partial charge is 0.341 e. The third-order valence-corrected chi connectivity index (χ3v) is 7.93. The zero-order valence-electron chi connectivity index (χ0n) is 22.6. The van der Waals surface area contributed by atoms with Gasteiger partial charge in [-0.3, -0.25) is 5.21 Å². The fraction of sp³-hybridized carbons (Fsp3) is 0.957. The van der Waals surface area contributed by atoms with Crippen molar-refractivity contribution >= 4 is 6.03 Å². The Morgan fingerprint density at radius 2 is 1.73 bits per heavy atom. The summed E-state index contributed by atoms with van der Waals surface area (Å²) in [6.07, 6.45) is -10.4. The van der Waals surface area contributed by atoms with Crippen LogP contribution in [0.2, 0.25) is 0 Å². The summed E-state index contributed by atoms with van der Waals surface area (Å²) >= 11 is 0. The topological polar surface area (TPSA) is 298 Å². The molecule has 1 unspecified atom stereocenters. The van der Waals surface area contributed by atoms with E-state index in [-0.39, 0.29) is 25.9 Å². The molecule has 0 radical (unpaired) electrons. The van der Waals surface area contributed by atoms with E-state index in [1.807, 2.05) is 6.92 Å². The number of hydrogen-bond donors (Lipinski definition) is 12. The van der Waals surface area contributed by atoms with Gasteiger partial charge in [0.15, 0.2) is 6.29 Å². The Kier molecular flexibility index (Phi) is 12.2. The molecule has 17 heteroatoms. The molecule has 0 bridgehead atoms. The fourth-order valence-electron chi connectivity index (χ4n) is 5.69. The molecule has 0 aromatic heterocycles. The minimum atomic E-state index is -1.56. The van der Waals surface area contributed by atoms with E-state index in [0.717, 1.165) is 0 Å². The molecule has 1 aliphatic carbocycles. The van der Waals surface area contributed by atoms with Gasteiger partial charge in [-0.2, -0.15) is 0 Å². The van der Waals surface area contributed by atoms with Gasteiger partial charge in [-0.1, -0.05) is 6.92 Å². The lowest BCUT2D eigenvalue weighted by Gasteiger charge is -2.51. The van der Waals surface area contributed by atoms with Crippen LogP contribution in [0.25, 0.3) is 0 Å². The highest BCUT2D eigenvalue weighted by Crippen LogP contribution is 2.36. The number of hydroxylamine groups is 2. The number of aliphatic hydroxyl groups is 5. The van der Waals surface area contributed by atoms with E-state index >= 15 is 0 Å². The van der Waals surface area contributed by atoms with Crippen LogP contribution < -0.4 is 33.6 Å². The highest BCUT2D eigenvalue weighted by atomic mass is 16.7. The normalized spacial score (nSPS) is 44.3. The van der Waals surface area contributed by atoms with Crippen LogP contribution in [0.3, 0.4) is 0 Å². The molecular formula is C23H47N7O10. The van der Waals surface area contributed by atoms with Crippen molar-refractivity contribution in [2.45, 2.75) is 99.1 Å². The third kappa shape index (κ3) is 7.37. The summed E-state index contributed by atoms with van der Waals surface area (Å²) in [7, 11) is 0. The Morgan fingerprint density at radius 3 is 2.35 bits per heavy atom. The number of hydrogen-bond acceptors (Lipinski definition) is 15. The average Bonchev–Trinajstić information content (AvgIpc) is 2.91. The lowest BCUT2D eigenvalue weighted by Crippen LogP contribution is -2.70. The van der Waals surface area contributed by atoms with Gasteiger partial charge in [0.2, 0.25) is 0 Å². The van der Waals surface area contributed by atoms with Crippen LogP contribution >= 0.6 is 0 Å². The largest absolute Gasteiger partial charge is 0.394 e. The Hall–Kier alpha value is -1.29. The van der Waals surface area contributed by atoms with Gasteiger partial charge in [0.1, 0.15) is 24.4 Å². The highest BCUT2D eigenvalue weighted by Gasteiger charge is 2.53. The summed E-state index contributed by atoms with van der Waals surface area (Å²) in [5.41, 5.74) is 24.2. The Balaban J connectivity index is 1.88. The molecular weight excluding hydrogens is 534 g/mol. The first-order chi connectivity index (χ1) is 18.9. The Morgan fingerprint density at radius 1 is 1.02 bits per heavy atom. The monoisotopic (exact) mass is 581 g/mol. The first kappa shape index (κ1) is 33.2. The summed E-state index contributed by atoms with van der Waals surface area (Å²) < 4.78 is 17.7. The van der Waals surface area contributed by atoms with Crippen molar-refractivity contribution < 1.29 is 49.7 Å². The molecule has 14 atom stereocenters. The third-order valence-electron chi connectivity index (χ3n) is 7.93. The van der Waals surface area contributed by atoms with E-state index in [1.165, 1.54) is 0 Å². The molecule has 2 aliphatic heterocycles. The second-order valence-electron chi connectivity index (χ2n) is 10.7. The molecule has 0 aromatic rings. The Bertz CT molecular complexity index is 803. The van der Waals surface area contributed by atoms with Crippen molar-refractivity contribution in [3.05, 3.63) is 0 Å². The fourth-order valence-corrected chi connectivity index (χ4v) is 5.69. The summed E-state index contributed by atoms with van der Waals surface area (Å²) in [6, 6.07) is -4.65. The zero-order valence-corrected chi connectivity index (χ0v) is 22.6. The van der Waals surface area contributed by atoms with Crippen molar-refractivity contribution in [2.24, 2.45) is 28.9 Å². The van der Waals surface area contributed by atoms with E-state index in [0.29, 0.717) is 18.2 Å². The van der Waals surface area contributed by atoms with Gasteiger partial charge >= 0.3 is 6.03 Å². The SMILES string of the molecule is CCNC[C@H]1O[C@H](C2[C@@H](N)C[C@@H](NC(=O)N(O)CCN)[C@H](O[C@H]3O[C@H](CO)[C@@H](O)[C@H](N)[C@H]3O)[C@H]2O)[C@H](N)C[C@@H]1O. The maximum atomic E-state index is 12.6. The van der Waals surface area contributed by atoms with Crippen LogP contribution in [0.1, 0.15) is 19.8 Å². The predicted octanol–water partition coefficient (Wildman–Crippen LogP) is -5.97. The number of nitrogens with two attached hydrogens (primary N) is 4. The van der Waals surface area contributed by atoms with Gasteiger partial charge in [0.05, 0.1) is 49.7 Å². The summed E-state index contributed by atoms with van der Waals surface area (Å²) in [6.45, 7) is 2.09. The number of ether oxygens (including phenoxy) is 3. The van der Waals surface area contributed by atoms with E-state index < -0.39 is 97.8 Å². The van der Waals surface area contributed by atoms with E-state index in [2.05, 4.69) is 10.6 Å². The minimum Gasteiger partial charge on any atom is -0.394 e. The molecule has 1 saturated carbocycles. The number of carbonyl (C=O) groups is 1. The number of nitrogens with one attached hydrogen (secondary N) is 2. The molecule has 16 N–H and O–H groups in total. The number of rotatable bonds is 10. The summed E-state index contributed by atoms with van der Waals surface area (Å²) in [5, 5.41) is 68.7. The number of aliphatic hydroxyl groups excluding tert-OH is 5. The summed E-state index contributed by atoms with van der Waals surface area (Å²) in [4.78, 5) is 12.6. The predicted molar refractivity (Wildman–Crippen MR) is 138 cm³/mol. The van der Waals surface area contributed by atoms with Crippen LogP contribution in [0.4, 0.5) is 4.79 Å². The van der Waals surface area contributed by atoms with E-state index in [4.69, 9.17) is 37.1 Å². The average molecular weight is 582 g/mol. The molecule has 40 heavy (non-hydrogen) atoms. The molecule has 0 aromatic carbocycles. The van der Waals surface area contributed by atoms with E-state index in [9.17, 15) is 35.5 Å². The molecule has 3 fully saturated rings. The maximum Gasteiger partial charge on any atom is 0.341 e. The second kappa shape index (κ2) is 14.7. The van der Waals surface area contributed by atoms with Gasteiger partial charge < -0.3 is 73.3 Å². The molecule has 3 aliphatic rings. The first-order valence-corrected chi connectivity index (χ1v) is 13.7. The van der Waals surface area contributed by atoms with Gasteiger partial charge in [0, 0.05) is 31.1 Å². The number of likely N-dealkylation sites (N-methyl/N-ethyl adjacent to an activating group) is 1. The first-order valence-electron chi connectivity index (χ1n) is 13.7. The number of urea groups is 1. The van der Waals surface area contributed by atoms with Crippen LogP contribution in [0.15, 0.2) is 0 Å². The zero-order chi connectivity index (χ0) is 29.7. The van der Waals surface area contributed by atoms with Crippen molar-refractivity contribution in [3.8, 4) is 0 Å². The molecule has 17 nitrogen and oxygen atoms in total. The van der Waals surface area contributed by atoms with Crippen LogP contribution in [-0.4, -0.2) is 154 Å². The summed E-state index contributed by atoms with van der Waals surface area (Å²) in [5.74, 6) is -0.840. The maximum absolute atomic E-state index is 12.6. The highest BCUT2D eigenvalue weighted by molar-refractivity contribution is 5.73. The lowest BCUT2D eigenvalue weighted by atomic mass is 9.72. The quantitative estimate of drug-likeness (QED) is 0.0844. The molecule has 0 spiro atoms. The van der Waals surface area contributed by atoms with Gasteiger partial charge in [0.25, 0.3) is 0 Å². The second-order valence-corrected chi connectivity index (χ2v) is 10.7. The lowest BCUT2D eigenvalue weighted by molar-refractivity contribution is -0.306. The molecule has 2 saturated heterocycles. The van der Waals surface area contributed by atoms with Crippen molar-refractivity contribution in [1.82, 2.24) is 15.7 Å². The number of nitrogens with zero attached hydrogens (tertiary/aromatic N) is 1. The van der Waals surface area contributed by atoms with Gasteiger partial charge in [-0.05, 0) is 19.4 Å². The molecule has 2 heterocycles. The molecule has 234 valence electrons. The molecule has 2 amide bonds. The number of carbonyl (C=O) groups excluding carboxylic acids is 1. The van der Waals surface area contributed by atoms with Crippen molar-refractivity contribution in [2.75, 3.05) is 32.8 Å². The van der Waals surface area contributed by atoms with Gasteiger partial charge in [-0.25, -0.2) is 9.86 Å². The van der Waals surface area contributed by atoms with Crippen molar-refractivity contribution in [1.29, 1.82) is 0 Å².